The molecule has 2 aromatic rings. The Bertz CT molecular complexity index is 1620. The third-order valence-electron chi connectivity index (χ3n) is 8.34. The van der Waals surface area contributed by atoms with Crippen molar-refractivity contribution in [2.45, 2.75) is 75.4 Å². The summed E-state index contributed by atoms with van der Waals surface area (Å²) in [6.45, 7) is 8.95. The molecule has 5 rings (SSSR count). The largest absolute Gasteiger partial charge is 0.458 e. The molecule has 0 radical (unpaired) electrons. The Labute approximate surface area is 271 Å². The van der Waals surface area contributed by atoms with Gasteiger partial charge in [0.05, 0.1) is 29.5 Å². The number of ether oxygens (including phenoxy) is 2. The lowest BCUT2D eigenvalue weighted by molar-refractivity contribution is -0.142. The molecule has 1 aliphatic heterocycles. The zero-order valence-corrected chi connectivity index (χ0v) is 27.7. The van der Waals surface area contributed by atoms with Gasteiger partial charge in [0.25, 0.3) is 5.91 Å². The van der Waals surface area contributed by atoms with Crippen LogP contribution in [0.1, 0.15) is 46.5 Å². The van der Waals surface area contributed by atoms with Crippen LogP contribution in [0.25, 0.3) is 10.6 Å². The Hall–Kier alpha value is -4.05. The van der Waals surface area contributed by atoms with Crippen LogP contribution < -0.4 is 20.1 Å². The van der Waals surface area contributed by atoms with E-state index >= 15 is 0 Å². The third-order valence-corrected chi connectivity index (χ3v) is 11.0. The Morgan fingerprint density at radius 3 is 2.54 bits per heavy atom. The fourth-order valence-corrected chi connectivity index (χ4v) is 7.55. The minimum Gasteiger partial charge on any atom is -0.458 e. The highest BCUT2D eigenvalue weighted by molar-refractivity contribution is 7.91. The van der Waals surface area contributed by atoms with Crippen molar-refractivity contribution in [2.24, 2.45) is 11.3 Å². The fourth-order valence-electron chi connectivity index (χ4n) is 5.49. The van der Waals surface area contributed by atoms with E-state index in [2.05, 4.69) is 31.9 Å². The molecule has 0 spiro atoms. The maximum atomic E-state index is 14.1. The number of sulfonamides is 1. The van der Waals surface area contributed by atoms with Gasteiger partial charge in [0.1, 0.15) is 23.7 Å². The van der Waals surface area contributed by atoms with Gasteiger partial charge in [0.15, 0.2) is 0 Å². The van der Waals surface area contributed by atoms with Crippen molar-refractivity contribution in [1.82, 2.24) is 30.2 Å². The fraction of sp³-hybridized carbons (Fsp3) is 0.533. The Balaban J connectivity index is 1.41. The second kappa shape index (κ2) is 12.6. The predicted molar refractivity (Wildman–Crippen MR) is 168 cm³/mol. The van der Waals surface area contributed by atoms with E-state index in [0.29, 0.717) is 18.5 Å². The first-order valence-corrected chi connectivity index (χ1v) is 17.3. The van der Waals surface area contributed by atoms with Crippen LogP contribution >= 0.6 is 11.3 Å². The number of aromatic nitrogens is 2. The molecule has 2 aliphatic carbocycles. The number of nitrogens with one attached hydrogen (secondary N) is 3. The van der Waals surface area contributed by atoms with Gasteiger partial charge >= 0.3 is 12.1 Å². The minimum atomic E-state index is -3.88. The van der Waals surface area contributed by atoms with Gasteiger partial charge in [-0.3, -0.25) is 19.1 Å². The quantitative estimate of drug-likeness (QED) is 0.298. The van der Waals surface area contributed by atoms with Gasteiger partial charge in [0, 0.05) is 18.5 Å². The molecule has 4 amide bonds. The number of amides is 4. The van der Waals surface area contributed by atoms with Gasteiger partial charge in [-0.15, -0.1) is 17.9 Å². The maximum Gasteiger partial charge on any atom is 0.407 e. The van der Waals surface area contributed by atoms with E-state index in [0.717, 1.165) is 4.88 Å². The summed E-state index contributed by atoms with van der Waals surface area (Å²) in [6, 6.07) is 3.37. The van der Waals surface area contributed by atoms with Crippen LogP contribution in [0, 0.1) is 11.3 Å². The van der Waals surface area contributed by atoms with Gasteiger partial charge in [-0.2, -0.15) is 4.98 Å². The third kappa shape index (κ3) is 7.02. The molecule has 5 atom stereocenters. The number of nitrogens with zero attached hydrogens (tertiary/aromatic N) is 3. The average molecular weight is 675 g/mol. The zero-order valence-electron chi connectivity index (χ0n) is 26.0. The highest BCUT2D eigenvalue weighted by atomic mass is 32.2. The van der Waals surface area contributed by atoms with E-state index in [9.17, 15) is 27.6 Å². The SMILES string of the molecule is C=CC1CC1(NC(=O)C1CC(Oc2nccc(-c3cccs3)n2)CN1C(=O)C(NC(=O)OC)C(C)(C)C)C(=O)NS(=O)(=O)C1CC1. The number of methoxy groups -OCH3 is 1. The number of hydrogen-bond acceptors (Lipinski definition) is 11. The Morgan fingerprint density at radius 1 is 1.22 bits per heavy atom. The molecule has 2 saturated carbocycles. The zero-order chi connectivity index (χ0) is 33.4. The first kappa shape index (κ1) is 33.3. The van der Waals surface area contributed by atoms with Crippen molar-refractivity contribution >= 4 is 45.2 Å². The second-order valence-corrected chi connectivity index (χ2v) is 15.7. The lowest BCUT2D eigenvalue weighted by atomic mass is 9.85. The maximum absolute atomic E-state index is 14.1. The molecule has 1 saturated heterocycles. The number of thiophene rings is 1. The molecular weight excluding hydrogens is 636 g/mol. The van der Waals surface area contributed by atoms with Crippen molar-refractivity contribution in [3.63, 3.8) is 0 Å². The molecule has 0 bridgehead atoms. The molecular formula is C30H38N6O8S2. The summed E-state index contributed by atoms with van der Waals surface area (Å²) in [5.41, 5.74) is -1.68. The van der Waals surface area contributed by atoms with Crippen molar-refractivity contribution in [3.05, 3.63) is 42.4 Å². The molecule has 3 heterocycles. The number of hydrogen-bond donors (Lipinski definition) is 3. The normalized spacial score (nSPS) is 24.8. The summed E-state index contributed by atoms with van der Waals surface area (Å²) in [6.07, 6.45) is 2.56. The lowest BCUT2D eigenvalue weighted by Crippen LogP contribution is -2.60. The van der Waals surface area contributed by atoms with E-state index in [1.165, 1.54) is 29.4 Å². The van der Waals surface area contributed by atoms with Gasteiger partial charge in [-0.1, -0.05) is 32.9 Å². The first-order chi connectivity index (χ1) is 21.7. The summed E-state index contributed by atoms with van der Waals surface area (Å²) < 4.78 is 38.1. The number of rotatable bonds is 11. The molecule has 2 aromatic heterocycles. The van der Waals surface area contributed by atoms with E-state index in [4.69, 9.17) is 9.47 Å². The van der Waals surface area contributed by atoms with Gasteiger partial charge < -0.3 is 25.0 Å². The lowest BCUT2D eigenvalue weighted by Gasteiger charge is -2.35. The molecule has 16 heteroatoms. The summed E-state index contributed by atoms with van der Waals surface area (Å²) in [7, 11) is -2.70. The minimum absolute atomic E-state index is 0.01000. The molecule has 3 aliphatic rings. The van der Waals surface area contributed by atoms with E-state index in [1.807, 2.05) is 17.5 Å². The molecule has 5 unspecified atom stereocenters. The number of alkyl carbamates (subject to hydrolysis) is 1. The number of likely N-dealkylation sites (tertiary alicyclic amines) is 1. The first-order valence-electron chi connectivity index (χ1n) is 14.9. The van der Waals surface area contributed by atoms with Crippen molar-refractivity contribution in [1.29, 1.82) is 0 Å². The van der Waals surface area contributed by atoms with Crippen LogP contribution in [0.4, 0.5) is 4.79 Å². The summed E-state index contributed by atoms with van der Waals surface area (Å²) in [5, 5.41) is 6.60. The van der Waals surface area contributed by atoms with Crippen molar-refractivity contribution in [3.8, 4) is 16.6 Å². The van der Waals surface area contributed by atoms with Crippen LogP contribution in [0.2, 0.25) is 0 Å². The van der Waals surface area contributed by atoms with Gasteiger partial charge in [-0.05, 0) is 42.2 Å². The van der Waals surface area contributed by atoms with Crippen LogP contribution in [-0.4, -0.2) is 89.7 Å². The molecule has 248 valence electrons. The monoisotopic (exact) mass is 674 g/mol. The van der Waals surface area contributed by atoms with Gasteiger partial charge in [-0.25, -0.2) is 18.2 Å². The number of carbonyl (C=O) groups excluding carboxylic acids is 4. The Kier molecular flexibility index (Phi) is 9.14. The molecule has 14 nitrogen and oxygen atoms in total. The number of carbonyl (C=O) groups is 4. The highest BCUT2D eigenvalue weighted by Crippen LogP contribution is 2.45. The summed E-state index contributed by atoms with van der Waals surface area (Å²) in [4.78, 5) is 64.5. The van der Waals surface area contributed by atoms with E-state index < -0.39 is 74.1 Å². The molecule has 3 N–H and O–H groups in total. The van der Waals surface area contributed by atoms with Crippen LogP contribution in [-0.2, 0) is 29.1 Å². The molecule has 0 aromatic carbocycles. The van der Waals surface area contributed by atoms with E-state index in [1.54, 1.807) is 33.0 Å². The Morgan fingerprint density at radius 2 is 1.96 bits per heavy atom. The average Bonchev–Trinajstić information content (AvgIpc) is 3.87. The summed E-state index contributed by atoms with van der Waals surface area (Å²) in [5.74, 6) is -2.61. The van der Waals surface area contributed by atoms with Gasteiger partial charge in [0.2, 0.25) is 21.8 Å². The molecule has 3 fully saturated rings. The highest BCUT2D eigenvalue weighted by Gasteiger charge is 2.62. The van der Waals surface area contributed by atoms with Crippen LogP contribution in [0.3, 0.4) is 0 Å². The topological polar surface area (TPSA) is 186 Å². The second-order valence-electron chi connectivity index (χ2n) is 12.8. The van der Waals surface area contributed by atoms with E-state index in [-0.39, 0.29) is 25.4 Å². The smallest absolute Gasteiger partial charge is 0.407 e. The molecule has 46 heavy (non-hydrogen) atoms. The van der Waals surface area contributed by atoms with Crippen LogP contribution in [0.15, 0.2) is 42.4 Å². The predicted octanol–water partition coefficient (Wildman–Crippen LogP) is 1.99. The standard InChI is InChI=1S/C30H38N6O8S2/c1-6-17-15-30(17,26(39)35-46(41,42)19-9-10-19)34-24(37)21-14-18(44-27-31-12-11-20(32-27)22-8-7-13-45-22)16-36(21)25(38)23(29(2,3)4)33-28(40)43-5/h6-8,11-13,17-19,21,23H,1,9-10,14-16H2,2-5H3,(H,33,40)(H,34,37)(H,35,39). The van der Waals surface area contributed by atoms with Crippen molar-refractivity contribution in [2.75, 3.05) is 13.7 Å². The summed E-state index contributed by atoms with van der Waals surface area (Å²) >= 11 is 1.50. The van der Waals surface area contributed by atoms with Crippen LogP contribution in [0.5, 0.6) is 6.01 Å². The van der Waals surface area contributed by atoms with Crippen molar-refractivity contribution < 1.29 is 37.1 Å².